The van der Waals surface area contributed by atoms with Crippen molar-refractivity contribution in [1.82, 2.24) is 9.21 Å². The molecule has 1 aliphatic rings. The van der Waals surface area contributed by atoms with Crippen LogP contribution >= 0.6 is 0 Å². The van der Waals surface area contributed by atoms with E-state index in [1.54, 1.807) is 0 Å². The Labute approximate surface area is 146 Å². The zero-order valence-electron chi connectivity index (χ0n) is 14.0. The van der Waals surface area contributed by atoms with Crippen molar-refractivity contribution >= 4 is 10.0 Å². The summed E-state index contributed by atoms with van der Waals surface area (Å²) >= 11 is 0. The molecule has 0 atom stereocenters. The summed E-state index contributed by atoms with van der Waals surface area (Å²) in [7, 11) is -3.95. The third-order valence-corrected chi connectivity index (χ3v) is 6.26. The average Bonchev–Trinajstić information content (AvgIpc) is 2.55. The summed E-state index contributed by atoms with van der Waals surface area (Å²) in [5.74, 6) is -1.85. The standard InChI is InChI=1S/C18H20F2N2O2S/c1-14-3-2-4-15(11-14)13-21-7-9-22(10-8-21)25(23,24)18-6-5-16(19)12-17(18)20/h2-6,11-12H,7-10,13H2,1H3. The van der Waals surface area contributed by atoms with Crippen molar-refractivity contribution in [3.8, 4) is 0 Å². The quantitative estimate of drug-likeness (QED) is 0.836. The smallest absolute Gasteiger partial charge is 0.246 e. The predicted octanol–water partition coefficient (Wildman–Crippen LogP) is 2.78. The number of nitrogens with zero attached hydrogens (tertiary/aromatic N) is 2. The Morgan fingerprint density at radius 2 is 1.72 bits per heavy atom. The zero-order chi connectivity index (χ0) is 18.0. The molecule has 0 bridgehead atoms. The monoisotopic (exact) mass is 366 g/mol. The Kier molecular flexibility index (Phi) is 5.17. The van der Waals surface area contributed by atoms with Crippen molar-refractivity contribution in [2.75, 3.05) is 26.2 Å². The van der Waals surface area contributed by atoms with Crippen LogP contribution < -0.4 is 0 Å². The molecule has 25 heavy (non-hydrogen) atoms. The van der Waals surface area contributed by atoms with E-state index in [9.17, 15) is 17.2 Å². The van der Waals surface area contributed by atoms with E-state index in [1.165, 1.54) is 15.4 Å². The summed E-state index contributed by atoms with van der Waals surface area (Å²) in [5, 5.41) is 0. The SMILES string of the molecule is Cc1cccc(CN2CCN(S(=O)(=O)c3ccc(F)cc3F)CC2)c1. The van der Waals surface area contributed by atoms with Crippen LogP contribution in [0.3, 0.4) is 0 Å². The highest BCUT2D eigenvalue weighted by Gasteiger charge is 2.30. The molecule has 0 aromatic heterocycles. The van der Waals surface area contributed by atoms with Crippen LogP contribution in [0.4, 0.5) is 8.78 Å². The van der Waals surface area contributed by atoms with E-state index in [2.05, 4.69) is 11.0 Å². The lowest BCUT2D eigenvalue weighted by molar-refractivity contribution is 0.181. The third kappa shape index (κ3) is 4.05. The molecule has 134 valence electrons. The van der Waals surface area contributed by atoms with Gasteiger partial charge in [-0.1, -0.05) is 29.8 Å². The number of piperazine rings is 1. The van der Waals surface area contributed by atoms with Crippen molar-refractivity contribution < 1.29 is 17.2 Å². The summed E-state index contributed by atoms with van der Waals surface area (Å²) in [6.07, 6.45) is 0. The maximum atomic E-state index is 13.8. The third-order valence-electron chi connectivity index (χ3n) is 4.33. The second-order valence-electron chi connectivity index (χ2n) is 6.24. The number of hydrogen-bond acceptors (Lipinski definition) is 3. The van der Waals surface area contributed by atoms with E-state index in [0.717, 1.165) is 18.7 Å². The van der Waals surface area contributed by atoms with Gasteiger partial charge in [0.05, 0.1) is 0 Å². The lowest BCUT2D eigenvalue weighted by atomic mass is 10.1. The highest BCUT2D eigenvalue weighted by Crippen LogP contribution is 2.22. The maximum Gasteiger partial charge on any atom is 0.246 e. The summed E-state index contributed by atoms with van der Waals surface area (Å²) < 4.78 is 53.3. The maximum absolute atomic E-state index is 13.8. The number of sulfonamides is 1. The molecule has 0 unspecified atom stereocenters. The van der Waals surface area contributed by atoms with Gasteiger partial charge in [-0.05, 0) is 24.6 Å². The highest BCUT2D eigenvalue weighted by atomic mass is 32.2. The van der Waals surface area contributed by atoms with E-state index in [4.69, 9.17) is 0 Å². The predicted molar refractivity (Wildman–Crippen MR) is 91.6 cm³/mol. The molecule has 0 saturated carbocycles. The van der Waals surface area contributed by atoms with Crippen LogP contribution in [0.15, 0.2) is 47.4 Å². The number of hydrogen-bond donors (Lipinski definition) is 0. The van der Waals surface area contributed by atoms with Gasteiger partial charge in [-0.15, -0.1) is 0 Å². The van der Waals surface area contributed by atoms with E-state index < -0.39 is 26.6 Å². The van der Waals surface area contributed by atoms with Gasteiger partial charge in [0.1, 0.15) is 16.5 Å². The van der Waals surface area contributed by atoms with Crippen LogP contribution in [-0.2, 0) is 16.6 Å². The minimum Gasteiger partial charge on any atom is -0.296 e. The second kappa shape index (κ2) is 7.19. The molecular weight excluding hydrogens is 346 g/mol. The first-order chi connectivity index (χ1) is 11.9. The van der Waals surface area contributed by atoms with Gasteiger partial charge in [0, 0.05) is 38.8 Å². The Morgan fingerprint density at radius 3 is 2.36 bits per heavy atom. The Bertz CT molecular complexity index is 863. The molecule has 0 aliphatic carbocycles. The zero-order valence-corrected chi connectivity index (χ0v) is 14.8. The van der Waals surface area contributed by atoms with Crippen LogP contribution in [0.5, 0.6) is 0 Å². The van der Waals surface area contributed by atoms with E-state index in [1.807, 2.05) is 25.1 Å². The average molecular weight is 366 g/mol. The van der Waals surface area contributed by atoms with Crippen LogP contribution in [0.25, 0.3) is 0 Å². The number of benzene rings is 2. The van der Waals surface area contributed by atoms with Crippen LogP contribution in [0, 0.1) is 18.6 Å². The molecule has 2 aromatic rings. The van der Waals surface area contributed by atoms with Crippen molar-refractivity contribution in [3.05, 3.63) is 65.2 Å². The summed E-state index contributed by atoms with van der Waals surface area (Å²) in [5.41, 5.74) is 2.37. The van der Waals surface area contributed by atoms with Crippen LogP contribution in [-0.4, -0.2) is 43.8 Å². The molecule has 3 rings (SSSR count). The van der Waals surface area contributed by atoms with Crippen molar-refractivity contribution in [3.63, 3.8) is 0 Å². The molecule has 0 radical (unpaired) electrons. The molecule has 1 fully saturated rings. The molecule has 1 heterocycles. The fourth-order valence-corrected chi connectivity index (χ4v) is 4.49. The second-order valence-corrected chi connectivity index (χ2v) is 8.15. The molecule has 0 amide bonds. The minimum atomic E-state index is -3.95. The normalized spacial score (nSPS) is 16.9. The first-order valence-corrected chi connectivity index (χ1v) is 9.53. The van der Waals surface area contributed by atoms with E-state index in [0.29, 0.717) is 19.2 Å². The van der Waals surface area contributed by atoms with Crippen LogP contribution in [0.1, 0.15) is 11.1 Å². The molecule has 2 aromatic carbocycles. The molecule has 0 N–H and O–H groups in total. The molecule has 4 nitrogen and oxygen atoms in total. The van der Waals surface area contributed by atoms with Gasteiger partial charge >= 0.3 is 0 Å². The van der Waals surface area contributed by atoms with Gasteiger partial charge < -0.3 is 0 Å². The first kappa shape index (κ1) is 18.0. The van der Waals surface area contributed by atoms with Gasteiger partial charge in [0.2, 0.25) is 10.0 Å². The van der Waals surface area contributed by atoms with Gasteiger partial charge in [0.15, 0.2) is 0 Å². The Balaban J connectivity index is 1.67. The Morgan fingerprint density at radius 1 is 1.00 bits per heavy atom. The topological polar surface area (TPSA) is 40.6 Å². The largest absolute Gasteiger partial charge is 0.296 e. The fraction of sp³-hybridized carbons (Fsp3) is 0.333. The highest BCUT2D eigenvalue weighted by molar-refractivity contribution is 7.89. The summed E-state index contributed by atoms with van der Waals surface area (Å²) in [4.78, 5) is 1.70. The molecular formula is C18H20F2N2O2S. The first-order valence-electron chi connectivity index (χ1n) is 8.09. The minimum absolute atomic E-state index is 0.283. The molecule has 0 spiro atoms. The number of rotatable bonds is 4. The van der Waals surface area contributed by atoms with Gasteiger partial charge in [-0.3, -0.25) is 4.90 Å². The van der Waals surface area contributed by atoms with E-state index in [-0.39, 0.29) is 13.1 Å². The molecule has 1 saturated heterocycles. The molecule has 1 aliphatic heterocycles. The number of aryl methyl sites for hydroxylation is 1. The fourth-order valence-electron chi connectivity index (χ4n) is 3.02. The van der Waals surface area contributed by atoms with Crippen molar-refractivity contribution in [2.24, 2.45) is 0 Å². The molecule has 7 heteroatoms. The van der Waals surface area contributed by atoms with E-state index >= 15 is 0 Å². The Hall–Kier alpha value is -1.83. The lowest BCUT2D eigenvalue weighted by Crippen LogP contribution is -2.48. The summed E-state index contributed by atoms with van der Waals surface area (Å²) in [6, 6.07) is 10.7. The van der Waals surface area contributed by atoms with Crippen LogP contribution in [0.2, 0.25) is 0 Å². The number of halogens is 2. The van der Waals surface area contributed by atoms with Gasteiger partial charge in [-0.25, -0.2) is 17.2 Å². The lowest BCUT2D eigenvalue weighted by Gasteiger charge is -2.34. The summed E-state index contributed by atoms with van der Waals surface area (Å²) in [6.45, 7) is 4.48. The van der Waals surface area contributed by atoms with Gasteiger partial charge in [-0.2, -0.15) is 4.31 Å². The van der Waals surface area contributed by atoms with Crippen molar-refractivity contribution in [1.29, 1.82) is 0 Å². The van der Waals surface area contributed by atoms with Crippen molar-refractivity contribution in [2.45, 2.75) is 18.4 Å². The van der Waals surface area contributed by atoms with Gasteiger partial charge in [0.25, 0.3) is 0 Å².